The molecule has 0 aromatic carbocycles. The van der Waals surface area contributed by atoms with E-state index in [1.807, 2.05) is 0 Å². The molecule has 2 atom stereocenters. The zero-order valence-electron chi connectivity index (χ0n) is 9.95. The summed E-state index contributed by atoms with van der Waals surface area (Å²) in [6.45, 7) is 3.59. The van der Waals surface area contributed by atoms with Crippen molar-refractivity contribution in [3.63, 3.8) is 0 Å². The molecule has 0 aromatic heterocycles. The summed E-state index contributed by atoms with van der Waals surface area (Å²) in [5, 5.41) is 19.4. The van der Waals surface area contributed by atoms with E-state index in [9.17, 15) is 10.2 Å². The number of methoxy groups -OCH3 is 2. The zero-order chi connectivity index (χ0) is 11.9. The average Bonchev–Trinajstić information content (AvgIpc) is 2.28. The van der Waals surface area contributed by atoms with E-state index in [2.05, 4.69) is 0 Å². The molecule has 2 N–H and O–H groups in total. The smallest absolute Gasteiger partial charge is 0.188 e. The van der Waals surface area contributed by atoms with Crippen LogP contribution in [0.15, 0.2) is 0 Å². The van der Waals surface area contributed by atoms with Crippen LogP contribution in [0.1, 0.15) is 26.7 Å². The van der Waals surface area contributed by atoms with Gasteiger partial charge in [0.25, 0.3) is 0 Å². The highest BCUT2D eigenvalue weighted by atomic mass is 16.7. The van der Waals surface area contributed by atoms with Crippen LogP contribution in [0.25, 0.3) is 0 Å². The molecule has 5 nitrogen and oxygen atoms in total. The number of ether oxygens (including phenoxy) is 3. The second kappa shape index (κ2) is 6.40. The fourth-order valence-corrected chi connectivity index (χ4v) is 0.981. The largest absolute Gasteiger partial charge is 0.370 e. The van der Waals surface area contributed by atoms with Crippen molar-refractivity contribution in [2.75, 3.05) is 27.4 Å². The van der Waals surface area contributed by atoms with E-state index in [0.717, 1.165) is 0 Å². The van der Waals surface area contributed by atoms with Gasteiger partial charge in [-0.15, -0.1) is 0 Å². The molecule has 0 aliphatic rings. The fourth-order valence-electron chi connectivity index (χ4n) is 0.981. The van der Waals surface area contributed by atoms with Crippen molar-refractivity contribution in [2.24, 2.45) is 0 Å². The molecular formula is C10H22O5. The first-order chi connectivity index (χ1) is 6.95. The first-order valence-corrected chi connectivity index (χ1v) is 5.08. The van der Waals surface area contributed by atoms with Gasteiger partial charge in [0.15, 0.2) is 11.6 Å². The summed E-state index contributed by atoms with van der Waals surface area (Å²) in [4.78, 5) is 0. The van der Waals surface area contributed by atoms with Gasteiger partial charge >= 0.3 is 0 Å². The number of hydrogen-bond donors (Lipinski definition) is 2. The van der Waals surface area contributed by atoms with Gasteiger partial charge in [0, 0.05) is 27.1 Å². The Bertz CT molecular complexity index is 145. The van der Waals surface area contributed by atoms with Crippen LogP contribution in [0.2, 0.25) is 0 Å². The van der Waals surface area contributed by atoms with Crippen LogP contribution in [0.5, 0.6) is 0 Å². The molecule has 15 heavy (non-hydrogen) atoms. The topological polar surface area (TPSA) is 68.2 Å². The van der Waals surface area contributed by atoms with Crippen molar-refractivity contribution in [1.29, 1.82) is 0 Å². The SMILES string of the molecule is CCC(O)(COCC(O)(CC)OC)OC. The maximum absolute atomic E-state index is 9.70. The fraction of sp³-hybridized carbons (Fsp3) is 1.00. The van der Waals surface area contributed by atoms with Crippen LogP contribution in [-0.4, -0.2) is 49.2 Å². The van der Waals surface area contributed by atoms with E-state index in [4.69, 9.17) is 14.2 Å². The van der Waals surface area contributed by atoms with Crippen LogP contribution >= 0.6 is 0 Å². The Morgan fingerprint density at radius 2 is 1.20 bits per heavy atom. The highest BCUT2D eigenvalue weighted by Crippen LogP contribution is 2.15. The third-order valence-corrected chi connectivity index (χ3v) is 2.52. The Morgan fingerprint density at radius 1 is 0.867 bits per heavy atom. The van der Waals surface area contributed by atoms with Crippen molar-refractivity contribution < 1.29 is 24.4 Å². The lowest BCUT2D eigenvalue weighted by atomic mass is 10.2. The van der Waals surface area contributed by atoms with Gasteiger partial charge in [-0.2, -0.15) is 0 Å². The summed E-state index contributed by atoms with van der Waals surface area (Å²) in [6, 6.07) is 0. The van der Waals surface area contributed by atoms with Gasteiger partial charge in [-0.1, -0.05) is 13.8 Å². The minimum Gasteiger partial charge on any atom is -0.370 e. The highest BCUT2D eigenvalue weighted by molar-refractivity contribution is 4.66. The maximum atomic E-state index is 9.70. The van der Waals surface area contributed by atoms with E-state index in [0.29, 0.717) is 12.8 Å². The van der Waals surface area contributed by atoms with Crippen LogP contribution < -0.4 is 0 Å². The zero-order valence-corrected chi connectivity index (χ0v) is 9.95. The Kier molecular flexibility index (Phi) is 6.31. The van der Waals surface area contributed by atoms with E-state index in [1.54, 1.807) is 13.8 Å². The van der Waals surface area contributed by atoms with Gasteiger partial charge in [0.2, 0.25) is 0 Å². The minimum absolute atomic E-state index is 0.00562. The Morgan fingerprint density at radius 3 is 1.40 bits per heavy atom. The average molecular weight is 222 g/mol. The Labute approximate surface area is 91.0 Å². The molecule has 0 heterocycles. The number of rotatable bonds is 8. The molecule has 0 bridgehead atoms. The van der Waals surface area contributed by atoms with Gasteiger partial charge in [-0.3, -0.25) is 0 Å². The van der Waals surface area contributed by atoms with Crippen molar-refractivity contribution in [3.05, 3.63) is 0 Å². The molecule has 0 amide bonds. The molecule has 0 fully saturated rings. The number of hydrogen-bond acceptors (Lipinski definition) is 5. The summed E-state index contributed by atoms with van der Waals surface area (Å²) in [5.41, 5.74) is 0. The van der Waals surface area contributed by atoms with Crippen LogP contribution in [0.3, 0.4) is 0 Å². The quantitative estimate of drug-likeness (QED) is 0.585. The number of aliphatic hydroxyl groups is 2. The first-order valence-electron chi connectivity index (χ1n) is 5.08. The first kappa shape index (κ1) is 14.8. The van der Waals surface area contributed by atoms with E-state index in [1.165, 1.54) is 14.2 Å². The van der Waals surface area contributed by atoms with Crippen molar-refractivity contribution in [1.82, 2.24) is 0 Å². The molecule has 0 radical (unpaired) electrons. The Balaban J connectivity index is 3.96. The lowest BCUT2D eigenvalue weighted by Gasteiger charge is -2.28. The molecule has 0 aliphatic heterocycles. The normalized spacial score (nSPS) is 19.6. The van der Waals surface area contributed by atoms with Gasteiger partial charge in [-0.25, -0.2) is 0 Å². The maximum Gasteiger partial charge on any atom is 0.188 e. The molecule has 5 heteroatoms. The van der Waals surface area contributed by atoms with E-state index < -0.39 is 11.6 Å². The second-order valence-corrected chi connectivity index (χ2v) is 3.50. The van der Waals surface area contributed by atoms with E-state index >= 15 is 0 Å². The van der Waals surface area contributed by atoms with Gasteiger partial charge in [0.1, 0.15) is 13.2 Å². The predicted molar refractivity (Wildman–Crippen MR) is 55.3 cm³/mol. The van der Waals surface area contributed by atoms with E-state index in [-0.39, 0.29) is 13.2 Å². The summed E-state index contributed by atoms with van der Waals surface area (Å²) >= 11 is 0. The summed E-state index contributed by atoms with van der Waals surface area (Å²) in [5.74, 6) is -2.58. The molecule has 2 unspecified atom stereocenters. The molecule has 92 valence electrons. The van der Waals surface area contributed by atoms with Gasteiger partial charge in [0.05, 0.1) is 0 Å². The molecule has 0 saturated heterocycles. The van der Waals surface area contributed by atoms with Gasteiger partial charge < -0.3 is 24.4 Å². The minimum atomic E-state index is -1.29. The molecule has 0 saturated carbocycles. The van der Waals surface area contributed by atoms with Crippen molar-refractivity contribution in [3.8, 4) is 0 Å². The van der Waals surface area contributed by atoms with Crippen molar-refractivity contribution >= 4 is 0 Å². The molecular weight excluding hydrogens is 200 g/mol. The lowest BCUT2D eigenvalue weighted by molar-refractivity contribution is -0.256. The van der Waals surface area contributed by atoms with Crippen LogP contribution in [-0.2, 0) is 14.2 Å². The van der Waals surface area contributed by atoms with Gasteiger partial charge in [-0.05, 0) is 0 Å². The highest BCUT2D eigenvalue weighted by Gasteiger charge is 2.28. The van der Waals surface area contributed by atoms with Crippen LogP contribution in [0, 0.1) is 0 Å². The lowest BCUT2D eigenvalue weighted by Crippen LogP contribution is -2.41. The Hall–Kier alpha value is -0.200. The summed E-state index contributed by atoms with van der Waals surface area (Å²) in [7, 11) is 2.82. The standard InChI is InChI=1S/C10H22O5/c1-5-9(11,13-3)7-15-8-10(12,6-2)14-4/h11-12H,5-8H2,1-4H3. The monoisotopic (exact) mass is 222 g/mol. The molecule has 0 rings (SSSR count). The van der Waals surface area contributed by atoms with Crippen molar-refractivity contribution in [2.45, 2.75) is 38.3 Å². The third-order valence-electron chi connectivity index (χ3n) is 2.52. The molecule has 0 spiro atoms. The van der Waals surface area contributed by atoms with Crippen LogP contribution in [0.4, 0.5) is 0 Å². The summed E-state index contributed by atoms with van der Waals surface area (Å²) < 4.78 is 14.9. The second-order valence-electron chi connectivity index (χ2n) is 3.50. The molecule has 0 aromatic rings. The third kappa shape index (κ3) is 4.90. The molecule has 0 aliphatic carbocycles. The predicted octanol–water partition coefficient (Wildman–Crippen LogP) is 0.493. The summed E-state index contributed by atoms with van der Waals surface area (Å²) in [6.07, 6.45) is 0.835.